The molecule has 2 aromatic rings. The second kappa shape index (κ2) is 4.80. The summed E-state index contributed by atoms with van der Waals surface area (Å²) in [5, 5.41) is 0.163. The smallest absolute Gasteiger partial charge is 0.228 e. The molecule has 1 aromatic carbocycles. The third kappa shape index (κ3) is 3.01. The van der Waals surface area contributed by atoms with E-state index in [9.17, 15) is 8.78 Å². The minimum atomic E-state index is -0.942. The molecule has 17 heavy (non-hydrogen) atoms. The summed E-state index contributed by atoms with van der Waals surface area (Å²) in [5.74, 6) is -1.89. The highest BCUT2D eigenvalue weighted by molar-refractivity contribution is 7.99. The monoisotopic (exact) mass is 274 g/mol. The van der Waals surface area contributed by atoms with Gasteiger partial charge >= 0.3 is 0 Å². The third-order valence-corrected chi connectivity index (χ3v) is 2.73. The zero-order valence-electron chi connectivity index (χ0n) is 8.19. The summed E-state index contributed by atoms with van der Waals surface area (Å²) in [5.41, 5.74) is 5.37. The molecule has 8 heteroatoms. The number of hydrogen-bond acceptors (Lipinski definition) is 5. The molecule has 0 unspecified atom stereocenters. The van der Waals surface area contributed by atoms with Crippen molar-refractivity contribution in [3.05, 3.63) is 35.1 Å². The van der Waals surface area contributed by atoms with E-state index in [1.54, 1.807) is 0 Å². The summed E-state index contributed by atoms with van der Waals surface area (Å²) in [4.78, 5) is 11.6. The second-order valence-corrected chi connectivity index (χ2v) is 4.30. The van der Waals surface area contributed by atoms with E-state index >= 15 is 0 Å². The van der Waals surface area contributed by atoms with Crippen molar-refractivity contribution in [3.8, 4) is 0 Å². The quantitative estimate of drug-likeness (QED) is 0.912. The molecular weight excluding hydrogens is 270 g/mol. The lowest BCUT2D eigenvalue weighted by molar-refractivity contribution is 0.506. The molecule has 0 radical (unpaired) electrons. The number of halogens is 3. The average Bonchev–Trinajstić information content (AvgIpc) is 2.22. The zero-order valence-corrected chi connectivity index (χ0v) is 9.77. The molecule has 2 N–H and O–H groups in total. The van der Waals surface area contributed by atoms with Crippen LogP contribution in [-0.4, -0.2) is 15.0 Å². The van der Waals surface area contributed by atoms with Gasteiger partial charge in [0.15, 0.2) is 16.8 Å². The lowest BCUT2D eigenvalue weighted by Crippen LogP contribution is -1.98. The Morgan fingerprint density at radius 3 is 2.53 bits per heavy atom. The molecule has 0 aliphatic rings. The van der Waals surface area contributed by atoms with E-state index in [2.05, 4.69) is 15.0 Å². The highest BCUT2D eigenvalue weighted by Gasteiger charge is 2.07. The highest BCUT2D eigenvalue weighted by atomic mass is 35.5. The Morgan fingerprint density at radius 2 is 1.88 bits per heavy atom. The van der Waals surface area contributed by atoms with E-state index in [1.807, 2.05) is 0 Å². The van der Waals surface area contributed by atoms with Crippen LogP contribution in [0.15, 0.2) is 28.3 Å². The Bertz CT molecular complexity index is 546. The lowest BCUT2D eigenvalue weighted by Gasteiger charge is -2.01. The number of nitrogens with two attached hydrogens (primary N) is 1. The molecule has 2 rings (SSSR count). The van der Waals surface area contributed by atoms with Crippen LogP contribution in [0.1, 0.15) is 0 Å². The van der Waals surface area contributed by atoms with Gasteiger partial charge in [0.1, 0.15) is 0 Å². The lowest BCUT2D eigenvalue weighted by atomic mass is 10.3. The molecule has 0 atom stereocenters. The summed E-state index contributed by atoms with van der Waals surface area (Å²) in [6.45, 7) is 0. The molecule has 1 heterocycles. The van der Waals surface area contributed by atoms with Crippen LogP contribution in [0.2, 0.25) is 5.28 Å². The normalized spacial score (nSPS) is 10.5. The largest absolute Gasteiger partial charge is 0.368 e. The van der Waals surface area contributed by atoms with Crippen LogP contribution in [0, 0.1) is 11.6 Å². The van der Waals surface area contributed by atoms with Gasteiger partial charge in [-0.2, -0.15) is 15.0 Å². The van der Waals surface area contributed by atoms with Gasteiger partial charge in [0.25, 0.3) is 0 Å². The maximum absolute atomic E-state index is 12.9. The first-order valence-corrected chi connectivity index (χ1v) is 5.54. The Balaban J connectivity index is 2.28. The fourth-order valence-corrected chi connectivity index (χ4v) is 2.04. The molecule has 0 aliphatic heterocycles. The Hall–Kier alpha value is -1.47. The van der Waals surface area contributed by atoms with Crippen LogP contribution < -0.4 is 5.73 Å². The minimum Gasteiger partial charge on any atom is -0.368 e. The van der Waals surface area contributed by atoms with Gasteiger partial charge in [-0.25, -0.2) is 8.78 Å². The number of nitrogens with zero attached hydrogens (tertiary/aromatic N) is 3. The van der Waals surface area contributed by atoms with Gasteiger partial charge in [-0.1, -0.05) is 0 Å². The molecule has 0 fully saturated rings. The highest BCUT2D eigenvalue weighted by Crippen LogP contribution is 2.26. The van der Waals surface area contributed by atoms with Crippen LogP contribution in [0.25, 0.3) is 0 Å². The van der Waals surface area contributed by atoms with Crippen molar-refractivity contribution in [2.24, 2.45) is 0 Å². The first kappa shape index (κ1) is 12.0. The SMILES string of the molecule is Nc1nc(Cl)nc(Sc2ccc(F)c(F)c2)n1. The number of aromatic nitrogens is 3. The number of anilines is 1. The number of hydrogen-bond donors (Lipinski definition) is 1. The molecule has 0 spiro atoms. The third-order valence-electron chi connectivity index (χ3n) is 1.71. The van der Waals surface area contributed by atoms with E-state index in [0.29, 0.717) is 4.90 Å². The summed E-state index contributed by atoms with van der Waals surface area (Å²) in [7, 11) is 0. The van der Waals surface area contributed by atoms with Crippen molar-refractivity contribution < 1.29 is 8.78 Å². The zero-order chi connectivity index (χ0) is 12.4. The van der Waals surface area contributed by atoms with Crippen LogP contribution >= 0.6 is 23.4 Å². The van der Waals surface area contributed by atoms with Crippen molar-refractivity contribution in [2.75, 3.05) is 5.73 Å². The maximum atomic E-state index is 12.9. The van der Waals surface area contributed by atoms with Crippen LogP contribution in [0.5, 0.6) is 0 Å². The summed E-state index contributed by atoms with van der Waals surface area (Å²) < 4.78 is 25.6. The molecule has 0 saturated heterocycles. The predicted octanol–water partition coefficient (Wildman–Crippen LogP) is 2.54. The molecule has 0 saturated carbocycles. The van der Waals surface area contributed by atoms with Crippen LogP contribution in [0.4, 0.5) is 14.7 Å². The van der Waals surface area contributed by atoms with Gasteiger partial charge in [-0.05, 0) is 41.6 Å². The molecule has 0 bridgehead atoms. The van der Waals surface area contributed by atoms with Gasteiger partial charge in [0.05, 0.1) is 0 Å². The summed E-state index contributed by atoms with van der Waals surface area (Å²) >= 11 is 6.59. The van der Waals surface area contributed by atoms with Gasteiger partial charge in [-0.15, -0.1) is 0 Å². The van der Waals surface area contributed by atoms with Crippen LogP contribution in [-0.2, 0) is 0 Å². The Morgan fingerprint density at radius 1 is 1.12 bits per heavy atom. The van der Waals surface area contributed by atoms with E-state index in [1.165, 1.54) is 6.07 Å². The minimum absolute atomic E-state index is 0.0323. The van der Waals surface area contributed by atoms with E-state index in [-0.39, 0.29) is 16.4 Å². The number of benzene rings is 1. The van der Waals surface area contributed by atoms with Crippen molar-refractivity contribution in [1.29, 1.82) is 0 Å². The molecular formula is C9H5ClF2N4S. The second-order valence-electron chi connectivity index (χ2n) is 2.92. The molecule has 88 valence electrons. The van der Waals surface area contributed by atoms with E-state index in [4.69, 9.17) is 17.3 Å². The van der Waals surface area contributed by atoms with Gasteiger partial charge < -0.3 is 5.73 Å². The maximum Gasteiger partial charge on any atom is 0.228 e. The molecule has 0 amide bonds. The average molecular weight is 275 g/mol. The van der Waals surface area contributed by atoms with Crippen molar-refractivity contribution in [2.45, 2.75) is 10.1 Å². The van der Waals surface area contributed by atoms with Gasteiger partial charge in [0.2, 0.25) is 11.2 Å². The standard InChI is InChI=1S/C9H5ClF2N4S/c10-7-14-8(13)16-9(15-7)17-4-1-2-5(11)6(12)3-4/h1-3H,(H2,13,14,15,16). The fourth-order valence-electron chi connectivity index (χ4n) is 1.04. The Kier molecular flexibility index (Phi) is 3.39. The van der Waals surface area contributed by atoms with Gasteiger partial charge in [-0.3, -0.25) is 0 Å². The Labute approximate surface area is 104 Å². The fraction of sp³-hybridized carbons (Fsp3) is 0. The topological polar surface area (TPSA) is 64.7 Å². The molecule has 1 aromatic heterocycles. The van der Waals surface area contributed by atoms with Crippen molar-refractivity contribution >= 4 is 29.3 Å². The van der Waals surface area contributed by atoms with Gasteiger partial charge in [0, 0.05) is 4.90 Å². The van der Waals surface area contributed by atoms with Crippen molar-refractivity contribution in [1.82, 2.24) is 15.0 Å². The summed E-state index contributed by atoms with van der Waals surface area (Å²) in [6, 6.07) is 3.45. The molecule has 4 nitrogen and oxygen atoms in total. The first-order valence-electron chi connectivity index (χ1n) is 4.34. The van der Waals surface area contributed by atoms with Crippen LogP contribution in [0.3, 0.4) is 0 Å². The summed E-state index contributed by atoms with van der Waals surface area (Å²) in [6.07, 6.45) is 0. The molecule has 0 aliphatic carbocycles. The predicted molar refractivity (Wildman–Crippen MR) is 59.7 cm³/mol. The van der Waals surface area contributed by atoms with Crippen molar-refractivity contribution in [3.63, 3.8) is 0 Å². The van der Waals surface area contributed by atoms with E-state index in [0.717, 1.165) is 23.9 Å². The van der Waals surface area contributed by atoms with E-state index < -0.39 is 11.6 Å². The number of rotatable bonds is 2. The number of nitrogen functional groups attached to an aromatic ring is 1. The first-order chi connectivity index (χ1) is 8.04.